The predicted molar refractivity (Wildman–Crippen MR) is 101 cm³/mol. The molecule has 0 spiro atoms. The lowest BCUT2D eigenvalue weighted by molar-refractivity contribution is -0.385. The number of nitro benzene ring substituents is 1. The van der Waals surface area contributed by atoms with E-state index >= 15 is 0 Å². The fourth-order valence-electron chi connectivity index (χ4n) is 2.00. The first-order valence-corrected chi connectivity index (χ1v) is 8.10. The third-order valence-electron chi connectivity index (χ3n) is 3.30. The topological polar surface area (TPSA) is 106 Å². The van der Waals surface area contributed by atoms with E-state index in [0.29, 0.717) is 6.54 Å². The van der Waals surface area contributed by atoms with Crippen LogP contribution in [0, 0.1) is 10.1 Å². The Kier molecular flexibility index (Phi) is 6.70. The molecule has 0 radical (unpaired) electrons. The predicted octanol–water partition coefficient (Wildman–Crippen LogP) is 2.57. The second-order valence-corrected chi connectivity index (χ2v) is 5.87. The number of rotatable bonds is 5. The molecule has 26 heavy (non-hydrogen) atoms. The Morgan fingerprint density at radius 3 is 2.54 bits per heavy atom. The van der Waals surface area contributed by atoms with Crippen molar-refractivity contribution in [3.05, 3.63) is 68.7 Å². The van der Waals surface area contributed by atoms with E-state index in [2.05, 4.69) is 16.2 Å². The van der Waals surface area contributed by atoms with E-state index in [-0.39, 0.29) is 21.4 Å². The van der Waals surface area contributed by atoms with Crippen molar-refractivity contribution in [3.63, 3.8) is 0 Å². The number of halogens is 1. The number of nitrogens with one attached hydrogen (secondary N) is 3. The Hall–Kier alpha value is -2.91. The average Bonchev–Trinajstić information content (AvgIpc) is 2.64. The van der Waals surface area contributed by atoms with Gasteiger partial charge in [-0.25, -0.2) is 0 Å². The van der Waals surface area contributed by atoms with Gasteiger partial charge >= 0.3 is 0 Å². The van der Waals surface area contributed by atoms with Gasteiger partial charge < -0.3 is 10.1 Å². The van der Waals surface area contributed by atoms with Crippen LogP contribution < -0.4 is 20.9 Å². The van der Waals surface area contributed by atoms with Crippen LogP contribution in [0.15, 0.2) is 42.5 Å². The van der Waals surface area contributed by atoms with Crippen LogP contribution in [0.2, 0.25) is 5.02 Å². The highest BCUT2D eigenvalue weighted by Crippen LogP contribution is 2.22. The van der Waals surface area contributed by atoms with Gasteiger partial charge in [-0.2, -0.15) is 0 Å². The number of carbonyl (C=O) groups is 1. The van der Waals surface area contributed by atoms with Gasteiger partial charge in [0.1, 0.15) is 11.3 Å². The number of hydrogen-bond donors (Lipinski definition) is 3. The van der Waals surface area contributed by atoms with Gasteiger partial charge in [-0.1, -0.05) is 23.7 Å². The van der Waals surface area contributed by atoms with Crippen molar-refractivity contribution in [2.24, 2.45) is 0 Å². The van der Waals surface area contributed by atoms with E-state index in [1.54, 1.807) is 7.11 Å². The highest BCUT2D eigenvalue weighted by atomic mass is 35.5. The highest BCUT2D eigenvalue weighted by molar-refractivity contribution is 7.80. The summed E-state index contributed by atoms with van der Waals surface area (Å²) in [7, 11) is 1.58. The summed E-state index contributed by atoms with van der Waals surface area (Å²) in [6.45, 7) is 0.420. The van der Waals surface area contributed by atoms with E-state index in [0.717, 1.165) is 17.4 Å². The van der Waals surface area contributed by atoms with Crippen molar-refractivity contribution >= 4 is 40.5 Å². The number of thiocarbonyl (C=S) groups is 1. The van der Waals surface area contributed by atoms with Gasteiger partial charge in [0.25, 0.3) is 11.6 Å². The molecule has 2 aromatic rings. The monoisotopic (exact) mass is 394 g/mol. The summed E-state index contributed by atoms with van der Waals surface area (Å²) in [5.74, 6) is 0.0117. The molecule has 1 amide bonds. The summed E-state index contributed by atoms with van der Waals surface area (Å²) in [6.07, 6.45) is 0. The molecular formula is C16H15ClN4O4S. The van der Waals surface area contributed by atoms with Gasteiger partial charge in [0.05, 0.1) is 12.0 Å². The van der Waals surface area contributed by atoms with E-state index < -0.39 is 10.8 Å². The number of nitro groups is 1. The van der Waals surface area contributed by atoms with Gasteiger partial charge in [-0.3, -0.25) is 25.8 Å². The SMILES string of the molecule is COc1ccc(CNC(=S)NNC(=O)c2cc(Cl)ccc2[N+](=O)[O-])cc1. The summed E-state index contributed by atoms with van der Waals surface area (Å²) in [5.41, 5.74) is 5.21. The number of hydrazine groups is 1. The lowest BCUT2D eigenvalue weighted by Gasteiger charge is -2.12. The highest BCUT2D eigenvalue weighted by Gasteiger charge is 2.20. The number of hydrogen-bond acceptors (Lipinski definition) is 5. The van der Waals surface area contributed by atoms with Crippen LogP contribution in [-0.2, 0) is 6.54 Å². The molecule has 0 saturated heterocycles. The van der Waals surface area contributed by atoms with Crippen molar-refractivity contribution in [2.75, 3.05) is 7.11 Å². The zero-order valence-electron chi connectivity index (χ0n) is 13.6. The molecule has 0 bridgehead atoms. The summed E-state index contributed by atoms with van der Waals surface area (Å²) >= 11 is 10.9. The molecule has 2 rings (SSSR count). The number of ether oxygens (including phenoxy) is 1. The van der Waals surface area contributed by atoms with Gasteiger partial charge in [-0.15, -0.1) is 0 Å². The van der Waals surface area contributed by atoms with Crippen molar-refractivity contribution in [3.8, 4) is 5.75 Å². The molecule has 136 valence electrons. The maximum Gasteiger partial charge on any atom is 0.282 e. The van der Waals surface area contributed by atoms with Crippen LogP contribution in [0.3, 0.4) is 0 Å². The Morgan fingerprint density at radius 1 is 1.23 bits per heavy atom. The third kappa shape index (κ3) is 5.30. The number of nitrogens with zero attached hydrogens (tertiary/aromatic N) is 1. The first-order chi connectivity index (χ1) is 12.4. The Labute approximate surface area is 159 Å². The molecule has 10 heteroatoms. The van der Waals surface area contributed by atoms with Gasteiger partial charge in [0.15, 0.2) is 5.11 Å². The Balaban J connectivity index is 1.89. The molecule has 0 aliphatic carbocycles. The zero-order valence-corrected chi connectivity index (χ0v) is 15.2. The van der Waals surface area contributed by atoms with Crippen molar-refractivity contribution in [2.45, 2.75) is 6.54 Å². The number of amides is 1. The van der Waals surface area contributed by atoms with Crippen LogP contribution in [0.5, 0.6) is 5.75 Å². The number of methoxy groups -OCH3 is 1. The lowest BCUT2D eigenvalue weighted by Crippen LogP contribution is -2.46. The molecule has 0 saturated carbocycles. The van der Waals surface area contributed by atoms with Crippen LogP contribution in [0.25, 0.3) is 0 Å². The summed E-state index contributed by atoms with van der Waals surface area (Å²) in [6, 6.07) is 11.1. The van der Waals surface area contributed by atoms with Gasteiger partial charge in [0.2, 0.25) is 0 Å². The molecule has 0 aliphatic heterocycles. The fourth-order valence-corrected chi connectivity index (χ4v) is 2.30. The Bertz CT molecular complexity index is 829. The van der Waals surface area contributed by atoms with E-state index in [4.69, 9.17) is 28.6 Å². The molecule has 0 atom stereocenters. The summed E-state index contributed by atoms with van der Waals surface area (Å²) in [5, 5.41) is 14.3. The summed E-state index contributed by atoms with van der Waals surface area (Å²) in [4.78, 5) is 22.5. The molecule has 0 fully saturated rings. The molecule has 8 nitrogen and oxygen atoms in total. The van der Waals surface area contributed by atoms with Crippen LogP contribution >= 0.6 is 23.8 Å². The maximum atomic E-state index is 12.1. The van der Waals surface area contributed by atoms with Gasteiger partial charge in [0, 0.05) is 17.6 Å². The summed E-state index contributed by atoms with van der Waals surface area (Å²) < 4.78 is 5.07. The molecule has 0 aromatic heterocycles. The molecular weight excluding hydrogens is 380 g/mol. The molecule has 3 N–H and O–H groups in total. The minimum atomic E-state index is -0.729. The standard InChI is InChI=1S/C16H15ClN4O4S/c1-25-12-5-2-10(3-6-12)9-18-16(26)20-19-15(22)13-8-11(17)4-7-14(13)21(23)24/h2-8H,9H2,1H3,(H,19,22)(H2,18,20,26). The minimum Gasteiger partial charge on any atom is -0.497 e. The van der Waals surface area contributed by atoms with Crippen LogP contribution in [0.1, 0.15) is 15.9 Å². The van der Waals surface area contributed by atoms with Crippen LogP contribution in [-0.4, -0.2) is 23.1 Å². The molecule has 2 aromatic carbocycles. The van der Waals surface area contributed by atoms with Gasteiger partial charge in [-0.05, 0) is 42.0 Å². The lowest BCUT2D eigenvalue weighted by atomic mass is 10.2. The number of benzene rings is 2. The molecule has 0 aliphatic rings. The first-order valence-electron chi connectivity index (χ1n) is 7.31. The zero-order chi connectivity index (χ0) is 19.1. The third-order valence-corrected chi connectivity index (χ3v) is 3.78. The van der Waals surface area contributed by atoms with Crippen molar-refractivity contribution < 1.29 is 14.5 Å². The Morgan fingerprint density at radius 2 is 1.92 bits per heavy atom. The molecule has 0 unspecified atom stereocenters. The maximum absolute atomic E-state index is 12.1. The molecule has 0 heterocycles. The van der Waals surface area contributed by atoms with Crippen molar-refractivity contribution in [1.29, 1.82) is 0 Å². The quantitative estimate of drug-likeness (QED) is 0.406. The minimum absolute atomic E-state index is 0.152. The second kappa shape index (κ2) is 8.97. The largest absolute Gasteiger partial charge is 0.497 e. The smallest absolute Gasteiger partial charge is 0.282 e. The van der Waals surface area contributed by atoms with E-state index in [1.165, 1.54) is 12.1 Å². The second-order valence-electron chi connectivity index (χ2n) is 5.03. The van der Waals surface area contributed by atoms with Crippen molar-refractivity contribution in [1.82, 2.24) is 16.2 Å². The van der Waals surface area contributed by atoms with E-state index in [1.807, 2.05) is 24.3 Å². The number of carbonyl (C=O) groups excluding carboxylic acids is 1. The first kappa shape index (κ1) is 19.4. The van der Waals surface area contributed by atoms with Crippen LogP contribution in [0.4, 0.5) is 5.69 Å². The van der Waals surface area contributed by atoms with E-state index in [9.17, 15) is 14.9 Å². The normalized spacial score (nSPS) is 9.92. The average molecular weight is 395 g/mol. The fraction of sp³-hybridized carbons (Fsp3) is 0.125.